The number of carboxylic acid groups (broad SMARTS) is 1. The topological polar surface area (TPSA) is 42.2 Å². The molecule has 0 aliphatic rings. The van der Waals surface area contributed by atoms with Gasteiger partial charge in [-0.1, -0.05) is 27.2 Å². The number of aromatic nitrogens is 1. The number of carboxylic acids is 1. The molecule has 0 aliphatic carbocycles. The summed E-state index contributed by atoms with van der Waals surface area (Å²) in [6, 6.07) is 4.06. The van der Waals surface area contributed by atoms with Crippen LogP contribution in [0.2, 0.25) is 0 Å². The molecule has 1 N–H and O–H groups in total. The molecule has 0 aliphatic heterocycles. The maximum Gasteiger partial charge on any atom is 0.337 e. The lowest BCUT2D eigenvalue weighted by Crippen LogP contribution is -2.05. The van der Waals surface area contributed by atoms with E-state index >= 15 is 0 Å². The fraction of sp³-hybridized carbons (Fsp3) is 0.526. The third-order valence-corrected chi connectivity index (χ3v) is 4.56. The smallest absolute Gasteiger partial charge is 0.337 e. The summed E-state index contributed by atoms with van der Waals surface area (Å²) in [6.45, 7) is 11.4. The van der Waals surface area contributed by atoms with E-state index in [1.807, 2.05) is 6.07 Å². The van der Waals surface area contributed by atoms with Crippen LogP contribution in [0.5, 0.6) is 0 Å². The fourth-order valence-electron chi connectivity index (χ4n) is 3.26. The zero-order chi connectivity index (χ0) is 16.4. The van der Waals surface area contributed by atoms with Crippen LogP contribution in [-0.2, 0) is 13.0 Å². The van der Waals surface area contributed by atoms with Crippen LogP contribution < -0.4 is 0 Å². The molecule has 0 saturated carbocycles. The van der Waals surface area contributed by atoms with Gasteiger partial charge in [-0.25, -0.2) is 4.79 Å². The molecule has 0 spiro atoms. The van der Waals surface area contributed by atoms with Gasteiger partial charge < -0.3 is 9.67 Å². The largest absolute Gasteiger partial charge is 0.478 e. The van der Waals surface area contributed by atoms with Gasteiger partial charge in [0.25, 0.3) is 0 Å². The van der Waals surface area contributed by atoms with Crippen LogP contribution in [0, 0.1) is 6.92 Å². The maximum absolute atomic E-state index is 11.8. The van der Waals surface area contributed by atoms with E-state index in [1.54, 1.807) is 0 Å². The van der Waals surface area contributed by atoms with Gasteiger partial charge in [-0.05, 0) is 55.9 Å². The molecule has 0 radical (unpaired) electrons. The van der Waals surface area contributed by atoms with Gasteiger partial charge in [0.2, 0.25) is 0 Å². The van der Waals surface area contributed by atoms with E-state index in [1.165, 1.54) is 11.3 Å². The summed E-state index contributed by atoms with van der Waals surface area (Å²) >= 11 is 0. The first kappa shape index (κ1) is 16.6. The minimum Gasteiger partial charge on any atom is -0.478 e. The number of benzene rings is 1. The van der Waals surface area contributed by atoms with E-state index in [9.17, 15) is 9.90 Å². The Morgan fingerprint density at radius 3 is 2.45 bits per heavy atom. The van der Waals surface area contributed by atoms with E-state index in [4.69, 9.17) is 0 Å². The normalized spacial score (nSPS) is 11.5. The zero-order valence-corrected chi connectivity index (χ0v) is 14.4. The van der Waals surface area contributed by atoms with Crippen molar-refractivity contribution in [2.45, 2.75) is 66.3 Å². The third kappa shape index (κ3) is 2.77. The van der Waals surface area contributed by atoms with E-state index in [-0.39, 0.29) is 0 Å². The molecule has 22 heavy (non-hydrogen) atoms. The molecule has 2 aromatic rings. The summed E-state index contributed by atoms with van der Waals surface area (Å²) in [7, 11) is 0. The van der Waals surface area contributed by atoms with Crippen molar-refractivity contribution in [3.63, 3.8) is 0 Å². The molecule has 0 amide bonds. The number of aromatic carboxylic acids is 1. The van der Waals surface area contributed by atoms with Crippen LogP contribution >= 0.6 is 0 Å². The number of fused-ring (bicyclic) bond motifs is 1. The van der Waals surface area contributed by atoms with Crippen molar-refractivity contribution in [1.29, 1.82) is 0 Å². The molecule has 3 heteroatoms. The van der Waals surface area contributed by atoms with Crippen LogP contribution in [-0.4, -0.2) is 15.6 Å². The van der Waals surface area contributed by atoms with E-state index in [0.29, 0.717) is 11.5 Å². The van der Waals surface area contributed by atoms with E-state index in [2.05, 4.69) is 45.3 Å². The Morgan fingerprint density at radius 2 is 1.95 bits per heavy atom. The van der Waals surface area contributed by atoms with Crippen molar-refractivity contribution in [3.05, 3.63) is 34.5 Å². The number of aryl methyl sites for hydroxylation is 2. The lowest BCUT2D eigenvalue weighted by atomic mass is 9.95. The summed E-state index contributed by atoms with van der Waals surface area (Å²) < 4.78 is 2.16. The van der Waals surface area contributed by atoms with E-state index < -0.39 is 5.97 Å². The first-order valence-corrected chi connectivity index (χ1v) is 8.31. The van der Waals surface area contributed by atoms with E-state index in [0.717, 1.165) is 42.3 Å². The van der Waals surface area contributed by atoms with Crippen LogP contribution in [0.15, 0.2) is 12.1 Å². The van der Waals surface area contributed by atoms with Crippen LogP contribution in [0.1, 0.15) is 73.6 Å². The maximum atomic E-state index is 11.8. The molecule has 0 bridgehead atoms. The minimum atomic E-state index is -0.832. The second-order valence-corrected chi connectivity index (χ2v) is 6.34. The summed E-state index contributed by atoms with van der Waals surface area (Å²) in [5, 5.41) is 10.8. The van der Waals surface area contributed by atoms with Gasteiger partial charge in [0.05, 0.1) is 11.1 Å². The Morgan fingerprint density at radius 1 is 1.27 bits per heavy atom. The summed E-state index contributed by atoms with van der Waals surface area (Å²) in [5.41, 5.74) is 4.98. The average molecular weight is 301 g/mol. The average Bonchev–Trinajstić information content (AvgIpc) is 2.75. The third-order valence-electron chi connectivity index (χ3n) is 4.56. The van der Waals surface area contributed by atoms with Gasteiger partial charge in [0.1, 0.15) is 0 Å². The van der Waals surface area contributed by atoms with Crippen LogP contribution in [0.3, 0.4) is 0 Å². The van der Waals surface area contributed by atoms with Crippen molar-refractivity contribution in [3.8, 4) is 0 Å². The zero-order valence-electron chi connectivity index (χ0n) is 14.4. The lowest BCUT2D eigenvalue weighted by Gasteiger charge is -2.11. The Kier molecular flexibility index (Phi) is 4.94. The molecule has 0 atom stereocenters. The number of unbranched alkanes of at least 4 members (excludes halogenated alkanes) is 1. The standard InChI is InChI=1S/C19H27NO2/c1-6-8-9-15-13(5)20(7-2)18-16(15)10-14(12(3)4)11-17(18)19(21)22/h10-12H,6-9H2,1-5H3,(H,21,22). The van der Waals surface area contributed by atoms with Crippen LogP contribution in [0.4, 0.5) is 0 Å². The molecular weight excluding hydrogens is 274 g/mol. The minimum absolute atomic E-state index is 0.326. The van der Waals surface area contributed by atoms with Gasteiger partial charge in [-0.2, -0.15) is 0 Å². The monoisotopic (exact) mass is 301 g/mol. The molecule has 120 valence electrons. The van der Waals surface area contributed by atoms with Gasteiger partial charge in [0, 0.05) is 17.6 Å². The molecule has 0 saturated heterocycles. The Hall–Kier alpha value is -1.77. The number of rotatable bonds is 6. The first-order valence-electron chi connectivity index (χ1n) is 8.31. The number of hydrogen-bond acceptors (Lipinski definition) is 1. The Labute approximate surface area is 133 Å². The fourth-order valence-corrected chi connectivity index (χ4v) is 3.26. The van der Waals surface area contributed by atoms with Crippen molar-refractivity contribution >= 4 is 16.9 Å². The molecule has 2 rings (SSSR count). The SMILES string of the molecule is CCCCc1c(C)n(CC)c2c(C(=O)O)cc(C(C)C)cc12. The van der Waals surface area contributed by atoms with Gasteiger partial charge in [0.15, 0.2) is 0 Å². The predicted octanol–water partition coefficient (Wildman–Crippen LogP) is 5.13. The lowest BCUT2D eigenvalue weighted by molar-refractivity contribution is 0.0698. The Balaban J connectivity index is 2.84. The van der Waals surface area contributed by atoms with Gasteiger partial charge in [-0.3, -0.25) is 0 Å². The molecule has 1 heterocycles. The summed E-state index contributed by atoms with van der Waals surface area (Å²) in [5.74, 6) is -0.506. The van der Waals surface area contributed by atoms with Crippen molar-refractivity contribution in [1.82, 2.24) is 4.57 Å². The predicted molar refractivity (Wildman–Crippen MR) is 92.0 cm³/mol. The highest BCUT2D eigenvalue weighted by atomic mass is 16.4. The highest BCUT2D eigenvalue weighted by molar-refractivity contribution is 6.04. The molecule has 0 fully saturated rings. The number of hydrogen-bond donors (Lipinski definition) is 1. The highest BCUT2D eigenvalue weighted by Crippen LogP contribution is 2.33. The molecule has 0 unspecified atom stereocenters. The van der Waals surface area contributed by atoms with Crippen molar-refractivity contribution < 1.29 is 9.90 Å². The first-order chi connectivity index (χ1) is 10.4. The summed E-state index contributed by atoms with van der Waals surface area (Å²) in [6.07, 6.45) is 3.30. The Bertz CT molecular complexity index is 695. The van der Waals surface area contributed by atoms with Gasteiger partial charge >= 0.3 is 5.97 Å². The molecule has 1 aromatic carbocycles. The molecule has 1 aromatic heterocycles. The number of nitrogens with zero attached hydrogens (tertiary/aromatic N) is 1. The second-order valence-electron chi connectivity index (χ2n) is 6.34. The molecular formula is C19H27NO2. The highest BCUT2D eigenvalue weighted by Gasteiger charge is 2.20. The van der Waals surface area contributed by atoms with Crippen molar-refractivity contribution in [2.75, 3.05) is 0 Å². The second kappa shape index (κ2) is 6.55. The van der Waals surface area contributed by atoms with Gasteiger partial charge in [-0.15, -0.1) is 0 Å². The summed E-state index contributed by atoms with van der Waals surface area (Å²) in [4.78, 5) is 11.8. The van der Waals surface area contributed by atoms with Crippen LogP contribution in [0.25, 0.3) is 10.9 Å². The van der Waals surface area contributed by atoms with Crippen molar-refractivity contribution in [2.24, 2.45) is 0 Å². The molecule has 3 nitrogen and oxygen atoms in total. The number of carbonyl (C=O) groups is 1. The quantitative estimate of drug-likeness (QED) is 0.803.